The molecule has 3 nitrogen and oxygen atoms in total. The van der Waals surface area contributed by atoms with Crippen LogP contribution in [-0.4, -0.2) is 24.9 Å². The van der Waals surface area contributed by atoms with E-state index in [1.165, 1.54) is 16.9 Å². The van der Waals surface area contributed by atoms with Crippen LogP contribution in [0.25, 0.3) is 0 Å². The number of hydrogen-bond donors (Lipinski definition) is 1. The number of anilines is 1. The molecule has 1 aromatic rings. The van der Waals surface area contributed by atoms with Gasteiger partial charge in [-0.3, -0.25) is 4.79 Å². The number of thiophene rings is 1. The minimum atomic E-state index is 0.0429. The summed E-state index contributed by atoms with van der Waals surface area (Å²) in [6, 6.07) is 0. The molecule has 0 bridgehead atoms. The molecule has 1 aliphatic carbocycles. The summed E-state index contributed by atoms with van der Waals surface area (Å²) < 4.78 is 0. The SMILES string of the molecule is CC1Cc2c(sc(N)c2C(=O)N(C)C)C(C)C1. The number of amides is 1. The van der Waals surface area contributed by atoms with Gasteiger partial charge in [0.05, 0.1) is 10.6 Å². The second-order valence-corrected chi connectivity index (χ2v) is 6.41. The number of carbonyl (C=O) groups is 1. The Hall–Kier alpha value is -1.03. The van der Waals surface area contributed by atoms with Crippen molar-refractivity contribution in [2.75, 3.05) is 19.8 Å². The van der Waals surface area contributed by atoms with E-state index in [2.05, 4.69) is 13.8 Å². The van der Waals surface area contributed by atoms with Crippen LogP contribution in [0.1, 0.15) is 47.0 Å². The molecule has 1 aromatic heterocycles. The molecule has 0 aromatic carbocycles. The maximum Gasteiger partial charge on any atom is 0.256 e. The highest BCUT2D eigenvalue weighted by atomic mass is 32.1. The lowest BCUT2D eigenvalue weighted by Crippen LogP contribution is -2.24. The molecule has 1 aliphatic rings. The average molecular weight is 252 g/mol. The summed E-state index contributed by atoms with van der Waals surface area (Å²) in [5, 5.41) is 0.689. The van der Waals surface area contributed by atoms with Crippen LogP contribution in [0.15, 0.2) is 0 Å². The molecule has 0 radical (unpaired) electrons. The quantitative estimate of drug-likeness (QED) is 0.835. The van der Waals surface area contributed by atoms with Gasteiger partial charge < -0.3 is 10.6 Å². The normalized spacial score (nSPS) is 23.3. The fourth-order valence-electron chi connectivity index (χ4n) is 2.70. The van der Waals surface area contributed by atoms with Gasteiger partial charge >= 0.3 is 0 Å². The summed E-state index contributed by atoms with van der Waals surface area (Å²) in [5.74, 6) is 1.21. The largest absolute Gasteiger partial charge is 0.390 e. The molecule has 94 valence electrons. The van der Waals surface area contributed by atoms with Gasteiger partial charge in [-0.25, -0.2) is 0 Å². The zero-order valence-electron chi connectivity index (χ0n) is 10.9. The van der Waals surface area contributed by atoms with Crippen LogP contribution in [0.5, 0.6) is 0 Å². The molecule has 1 heterocycles. The molecule has 0 spiro atoms. The van der Waals surface area contributed by atoms with Crippen LogP contribution in [0, 0.1) is 5.92 Å². The smallest absolute Gasteiger partial charge is 0.256 e. The van der Waals surface area contributed by atoms with E-state index in [9.17, 15) is 4.79 Å². The zero-order chi connectivity index (χ0) is 12.7. The third kappa shape index (κ3) is 2.06. The van der Waals surface area contributed by atoms with Crippen LogP contribution >= 0.6 is 11.3 Å². The van der Waals surface area contributed by atoms with Gasteiger partial charge in [0, 0.05) is 19.0 Å². The Kier molecular flexibility index (Phi) is 3.17. The van der Waals surface area contributed by atoms with Crippen LogP contribution in [0.4, 0.5) is 5.00 Å². The first-order valence-electron chi connectivity index (χ1n) is 6.04. The first-order valence-corrected chi connectivity index (χ1v) is 6.86. The van der Waals surface area contributed by atoms with Gasteiger partial charge in [0.15, 0.2) is 0 Å². The summed E-state index contributed by atoms with van der Waals surface area (Å²) in [7, 11) is 3.56. The van der Waals surface area contributed by atoms with Crippen molar-refractivity contribution in [3.63, 3.8) is 0 Å². The lowest BCUT2D eigenvalue weighted by Gasteiger charge is -2.25. The fraction of sp³-hybridized carbons (Fsp3) is 0.615. The first kappa shape index (κ1) is 12.4. The van der Waals surface area contributed by atoms with Gasteiger partial charge in [-0.1, -0.05) is 13.8 Å². The van der Waals surface area contributed by atoms with Crippen LogP contribution in [0.2, 0.25) is 0 Å². The molecule has 4 heteroatoms. The highest BCUT2D eigenvalue weighted by molar-refractivity contribution is 7.16. The van der Waals surface area contributed by atoms with Crippen molar-refractivity contribution in [1.82, 2.24) is 4.90 Å². The van der Waals surface area contributed by atoms with Gasteiger partial charge in [-0.2, -0.15) is 0 Å². The number of nitrogen functional groups attached to an aromatic ring is 1. The summed E-state index contributed by atoms with van der Waals surface area (Å²) in [6.07, 6.45) is 2.19. The van der Waals surface area contributed by atoms with Crippen LogP contribution < -0.4 is 5.73 Å². The maximum absolute atomic E-state index is 12.2. The van der Waals surface area contributed by atoms with E-state index in [1.807, 2.05) is 0 Å². The Balaban J connectivity index is 2.51. The van der Waals surface area contributed by atoms with Crippen molar-refractivity contribution in [1.29, 1.82) is 0 Å². The van der Waals surface area contributed by atoms with Crippen LogP contribution in [0.3, 0.4) is 0 Å². The van der Waals surface area contributed by atoms with E-state index in [1.54, 1.807) is 30.3 Å². The Labute approximate surface area is 107 Å². The van der Waals surface area contributed by atoms with E-state index >= 15 is 0 Å². The number of carbonyl (C=O) groups excluding carboxylic acids is 1. The minimum absolute atomic E-state index is 0.0429. The van der Waals surface area contributed by atoms with Crippen molar-refractivity contribution >= 4 is 22.2 Å². The topological polar surface area (TPSA) is 46.3 Å². The monoisotopic (exact) mass is 252 g/mol. The van der Waals surface area contributed by atoms with E-state index in [4.69, 9.17) is 5.73 Å². The molecular weight excluding hydrogens is 232 g/mol. The molecular formula is C13H20N2OS. The van der Waals surface area contributed by atoms with E-state index in [0.717, 1.165) is 12.0 Å². The number of nitrogens with zero attached hydrogens (tertiary/aromatic N) is 1. The van der Waals surface area contributed by atoms with Crippen molar-refractivity contribution in [2.45, 2.75) is 32.6 Å². The molecule has 1 amide bonds. The first-order chi connectivity index (χ1) is 7.91. The highest BCUT2D eigenvalue weighted by Gasteiger charge is 2.30. The predicted octanol–water partition coefficient (Wildman–Crippen LogP) is 2.72. The molecule has 2 atom stereocenters. The Bertz CT molecular complexity index is 451. The predicted molar refractivity (Wildman–Crippen MR) is 72.6 cm³/mol. The molecule has 0 fully saturated rings. The summed E-state index contributed by atoms with van der Waals surface area (Å²) >= 11 is 1.60. The summed E-state index contributed by atoms with van der Waals surface area (Å²) in [6.45, 7) is 4.48. The number of rotatable bonds is 1. The van der Waals surface area contributed by atoms with Crippen molar-refractivity contribution in [2.24, 2.45) is 5.92 Å². The molecule has 17 heavy (non-hydrogen) atoms. The molecule has 0 saturated carbocycles. The zero-order valence-corrected chi connectivity index (χ0v) is 11.7. The summed E-state index contributed by atoms with van der Waals surface area (Å²) in [5.41, 5.74) is 8.00. The molecule has 2 rings (SSSR count). The van der Waals surface area contributed by atoms with Crippen molar-refractivity contribution in [3.05, 3.63) is 16.0 Å². The van der Waals surface area contributed by atoms with Gasteiger partial charge in [-0.05, 0) is 30.2 Å². The Morgan fingerprint density at radius 2 is 2.06 bits per heavy atom. The standard InChI is InChI=1S/C13H20N2OS/c1-7-5-8(2)11-9(6-7)10(12(14)17-11)13(16)15(3)4/h7-8H,5-6,14H2,1-4H3. The molecule has 2 unspecified atom stereocenters. The highest BCUT2D eigenvalue weighted by Crippen LogP contribution is 2.44. The van der Waals surface area contributed by atoms with Gasteiger partial charge in [-0.15, -0.1) is 11.3 Å². The van der Waals surface area contributed by atoms with Gasteiger partial charge in [0.1, 0.15) is 0 Å². The lowest BCUT2D eigenvalue weighted by atomic mass is 9.82. The number of hydrogen-bond acceptors (Lipinski definition) is 3. The number of nitrogens with two attached hydrogens (primary N) is 1. The van der Waals surface area contributed by atoms with E-state index in [-0.39, 0.29) is 5.91 Å². The second kappa shape index (κ2) is 4.33. The average Bonchev–Trinajstić information content (AvgIpc) is 2.54. The summed E-state index contributed by atoms with van der Waals surface area (Å²) in [4.78, 5) is 15.1. The lowest BCUT2D eigenvalue weighted by molar-refractivity contribution is 0.0827. The molecule has 0 aliphatic heterocycles. The second-order valence-electron chi connectivity index (χ2n) is 5.33. The minimum Gasteiger partial charge on any atom is -0.390 e. The van der Waals surface area contributed by atoms with Crippen molar-refractivity contribution < 1.29 is 4.79 Å². The molecule has 0 saturated heterocycles. The van der Waals surface area contributed by atoms with Gasteiger partial charge in [0.2, 0.25) is 0 Å². The Morgan fingerprint density at radius 1 is 1.41 bits per heavy atom. The van der Waals surface area contributed by atoms with Crippen LogP contribution in [-0.2, 0) is 6.42 Å². The maximum atomic E-state index is 12.2. The molecule has 2 N–H and O–H groups in total. The van der Waals surface area contributed by atoms with Crippen molar-refractivity contribution in [3.8, 4) is 0 Å². The van der Waals surface area contributed by atoms with E-state index < -0.39 is 0 Å². The number of fused-ring (bicyclic) bond motifs is 1. The Morgan fingerprint density at radius 3 is 2.65 bits per heavy atom. The third-order valence-electron chi connectivity index (χ3n) is 3.44. The van der Waals surface area contributed by atoms with E-state index in [0.29, 0.717) is 16.8 Å². The van der Waals surface area contributed by atoms with Gasteiger partial charge in [0.25, 0.3) is 5.91 Å². The third-order valence-corrected chi connectivity index (χ3v) is 4.73. The fourth-order valence-corrected chi connectivity index (χ4v) is 3.86.